The Labute approximate surface area is 108 Å². The van der Waals surface area contributed by atoms with Crippen molar-refractivity contribution in [1.82, 2.24) is 0 Å². The van der Waals surface area contributed by atoms with Crippen LogP contribution in [0.4, 0.5) is 0 Å². The summed E-state index contributed by atoms with van der Waals surface area (Å²) >= 11 is 0. The van der Waals surface area contributed by atoms with Crippen LogP contribution in [0.3, 0.4) is 0 Å². The molecule has 1 unspecified atom stereocenters. The van der Waals surface area contributed by atoms with Crippen LogP contribution < -0.4 is 15.2 Å². The van der Waals surface area contributed by atoms with Crippen LogP contribution in [0, 0.1) is 0 Å². The van der Waals surface area contributed by atoms with Gasteiger partial charge in [-0.15, -0.1) is 0 Å². The van der Waals surface area contributed by atoms with Crippen molar-refractivity contribution in [1.29, 1.82) is 0 Å². The van der Waals surface area contributed by atoms with E-state index in [0.29, 0.717) is 11.5 Å². The molecular weight excluding hydrogens is 230 g/mol. The molecule has 0 aliphatic heterocycles. The van der Waals surface area contributed by atoms with E-state index >= 15 is 0 Å². The first-order valence-corrected chi connectivity index (χ1v) is 6.29. The first kappa shape index (κ1) is 13.2. The molecule has 1 fully saturated rings. The molecule has 0 saturated heterocycles. The number of aliphatic hydroxyl groups is 1. The van der Waals surface area contributed by atoms with Crippen LogP contribution in [0.1, 0.15) is 37.4 Å². The van der Waals surface area contributed by atoms with Crippen molar-refractivity contribution < 1.29 is 14.6 Å². The van der Waals surface area contributed by atoms with Crippen LogP contribution in [0.15, 0.2) is 18.2 Å². The van der Waals surface area contributed by atoms with Gasteiger partial charge in [0, 0.05) is 17.2 Å². The number of hydrogen-bond donors (Lipinski definition) is 2. The predicted molar refractivity (Wildman–Crippen MR) is 69.9 cm³/mol. The van der Waals surface area contributed by atoms with Gasteiger partial charge in [0.05, 0.1) is 14.2 Å². The number of hydrogen-bond acceptors (Lipinski definition) is 4. The molecule has 0 amide bonds. The summed E-state index contributed by atoms with van der Waals surface area (Å²) in [6, 6.07) is 5.42. The summed E-state index contributed by atoms with van der Waals surface area (Å²) in [7, 11) is 3.19. The second-order valence-corrected chi connectivity index (χ2v) is 4.95. The number of nitrogens with two attached hydrogens (primary N) is 1. The molecule has 1 aromatic carbocycles. The molecule has 4 heteroatoms. The Bertz CT molecular complexity index is 414. The molecule has 0 heterocycles. The zero-order chi connectivity index (χ0) is 13.2. The zero-order valence-corrected chi connectivity index (χ0v) is 11.0. The third kappa shape index (κ3) is 2.31. The van der Waals surface area contributed by atoms with E-state index in [2.05, 4.69) is 0 Å². The first-order chi connectivity index (χ1) is 8.60. The van der Waals surface area contributed by atoms with Crippen molar-refractivity contribution in [3.8, 4) is 11.5 Å². The third-order valence-corrected chi connectivity index (χ3v) is 3.81. The highest BCUT2D eigenvalue weighted by Gasteiger charge is 2.38. The summed E-state index contributed by atoms with van der Waals surface area (Å²) in [4.78, 5) is 0. The van der Waals surface area contributed by atoms with Crippen LogP contribution in [-0.4, -0.2) is 24.9 Å². The fourth-order valence-electron chi connectivity index (χ4n) is 2.66. The minimum Gasteiger partial charge on any atom is -0.497 e. The molecule has 0 radical (unpaired) electrons. The molecule has 1 aromatic rings. The largest absolute Gasteiger partial charge is 0.497 e. The van der Waals surface area contributed by atoms with Gasteiger partial charge in [-0.3, -0.25) is 0 Å². The van der Waals surface area contributed by atoms with Crippen LogP contribution in [0.2, 0.25) is 0 Å². The Morgan fingerprint density at radius 1 is 1.22 bits per heavy atom. The normalized spacial score (nSPS) is 19.6. The van der Waals surface area contributed by atoms with Crippen molar-refractivity contribution >= 4 is 0 Å². The molecule has 0 bridgehead atoms. The van der Waals surface area contributed by atoms with Gasteiger partial charge in [-0.05, 0) is 25.0 Å². The number of ether oxygens (including phenoxy) is 2. The minimum atomic E-state index is -0.694. The number of rotatable bonds is 4. The summed E-state index contributed by atoms with van der Waals surface area (Å²) in [5.41, 5.74) is 6.50. The highest BCUT2D eigenvalue weighted by molar-refractivity contribution is 5.43. The zero-order valence-electron chi connectivity index (χ0n) is 11.0. The van der Waals surface area contributed by atoms with E-state index in [9.17, 15) is 5.11 Å². The van der Waals surface area contributed by atoms with Crippen LogP contribution in [-0.2, 0) is 0 Å². The lowest BCUT2D eigenvalue weighted by Crippen LogP contribution is -2.43. The highest BCUT2D eigenvalue weighted by atomic mass is 16.5. The van der Waals surface area contributed by atoms with Crippen molar-refractivity contribution in [2.24, 2.45) is 5.73 Å². The third-order valence-electron chi connectivity index (χ3n) is 3.81. The molecule has 3 N–H and O–H groups in total. The summed E-state index contributed by atoms with van der Waals surface area (Å²) in [6.45, 7) is 0. The summed E-state index contributed by atoms with van der Waals surface area (Å²) < 4.78 is 10.5. The van der Waals surface area contributed by atoms with Crippen molar-refractivity contribution in [3.05, 3.63) is 23.8 Å². The molecule has 1 aliphatic carbocycles. The first-order valence-electron chi connectivity index (χ1n) is 6.29. The van der Waals surface area contributed by atoms with Crippen LogP contribution in [0.25, 0.3) is 0 Å². The topological polar surface area (TPSA) is 64.7 Å². The van der Waals surface area contributed by atoms with Gasteiger partial charge in [0.15, 0.2) is 0 Å². The van der Waals surface area contributed by atoms with E-state index in [-0.39, 0.29) is 0 Å². The predicted octanol–water partition coefficient (Wildman–Crippen LogP) is 2.01. The van der Waals surface area contributed by atoms with Crippen molar-refractivity contribution in [2.75, 3.05) is 14.2 Å². The van der Waals surface area contributed by atoms with E-state index in [1.54, 1.807) is 20.3 Å². The summed E-state index contributed by atoms with van der Waals surface area (Å²) in [5, 5.41) is 10.5. The molecule has 2 rings (SSSR count). The number of methoxy groups -OCH3 is 2. The Kier molecular flexibility index (Phi) is 3.78. The maximum absolute atomic E-state index is 10.5. The molecule has 1 atom stereocenters. The van der Waals surface area contributed by atoms with Crippen LogP contribution in [0.5, 0.6) is 11.5 Å². The molecule has 1 aliphatic rings. The van der Waals surface area contributed by atoms with Crippen LogP contribution >= 0.6 is 0 Å². The monoisotopic (exact) mass is 251 g/mol. The fourth-order valence-corrected chi connectivity index (χ4v) is 2.66. The second kappa shape index (κ2) is 5.16. The average Bonchev–Trinajstić information content (AvgIpc) is 2.85. The Morgan fingerprint density at radius 2 is 1.89 bits per heavy atom. The SMILES string of the molecule is COc1ccc(C(O)C2(N)CCCC2)c(OC)c1. The van der Waals surface area contributed by atoms with Crippen molar-refractivity contribution in [3.63, 3.8) is 0 Å². The number of benzene rings is 1. The molecule has 1 saturated carbocycles. The van der Waals surface area contributed by atoms with Gasteiger partial charge >= 0.3 is 0 Å². The smallest absolute Gasteiger partial charge is 0.128 e. The van der Waals surface area contributed by atoms with Gasteiger partial charge in [-0.1, -0.05) is 12.8 Å². The highest BCUT2D eigenvalue weighted by Crippen LogP contribution is 2.41. The van der Waals surface area contributed by atoms with Gasteiger partial charge in [0.25, 0.3) is 0 Å². The molecular formula is C14H21NO3. The number of aliphatic hydroxyl groups excluding tert-OH is 1. The quantitative estimate of drug-likeness (QED) is 0.859. The minimum absolute atomic E-state index is 0.526. The molecule has 4 nitrogen and oxygen atoms in total. The standard InChI is InChI=1S/C14H21NO3/c1-17-10-5-6-11(12(9-10)18-2)13(16)14(15)7-3-4-8-14/h5-6,9,13,16H,3-4,7-8,15H2,1-2H3. The van der Waals surface area contributed by atoms with E-state index in [4.69, 9.17) is 15.2 Å². The molecule has 18 heavy (non-hydrogen) atoms. The van der Waals surface area contributed by atoms with E-state index in [1.807, 2.05) is 12.1 Å². The van der Waals surface area contributed by atoms with Gasteiger partial charge in [-0.2, -0.15) is 0 Å². The maximum Gasteiger partial charge on any atom is 0.128 e. The van der Waals surface area contributed by atoms with E-state index in [1.165, 1.54) is 0 Å². The maximum atomic E-state index is 10.5. The Morgan fingerprint density at radius 3 is 2.44 bits per heavy atom. The van der Waals surface area contributed by atoms with Crippen molar-refractivity contribution in [2.45, 2.75) is 37.3 Å². The summed E-state index contributed by atoms with van der Waals surface area (Å²) in [6.07, 6.45) is 3.16. The van der Waals surface area contributed by atoms with Gasteiger partial charge in [-0.25, -0.2) is 0 Å². The fraction of sp³-hybridized carbons (Fsp3) is 0.571. The van der Waals surface area contributed by atoms with Gasteiger partial charge in [0.2, 0.25) is 0 Å². The van der Waals surface area contributed by atoms with E-state index < -0.39 is 11.6 Å². The lowest BCUT2D eigenvalue weighted by atomic mass is 9.86. The summed E-state index contributed by atoms with van der Waals surface area (Å²) in [5.74, 6) is 1.33. The van der Waals surface area contributed by atoms with E-state index in [0.717, 1.165) is 31.2 Å². The van der Waals surface area contributed by atoms with Gasteiger partial charge in [0.1, 0.15) is 17.6 Å². The molecule has 0 spiro atoms. The lowest BCUT2D eigenvalue weighted by Gasteiger charge is -2.31. The second-order valence-electron chi connectivity index (χ2n) is 4.95. The lowest BCUT2D eigenvalue weighted by molar-refractivity contribution is 0.0846. The van der Waals surface area contributed by atoms with Gasteiger partial charge < -0.3 is 20.3 Å². The average molecular weight is 251 g/mol. The molecule has 0 aromatic heterocycles. The Hall–Kier alpha value is -1.26. The Balaban J connectivity index is 2.32. The molecule has 100 valence electrons.